The van der Waals surface area contributed by atoms with Crippen LogP contribution in [0.2, 0.25) is 0 Å². The van der Waals surface area contributed by atoms with Crippen LogP contribution in [0.4, 0.5) is 5.69 Å². The molecule has 0 bridgehead atoms. The number of nitrogens with one attached hydrogen (secondary N) is 2. The maximum absolute atomic E-state index is 11.4. The van der Waals surface area contributed by atoms with E-state index in [1.807, 2.05) is 6.92 Å². The molecule has 1 aromatic heterocycles. The van der Waals surface area contributed by atoms with Crippen LogP contribution in [0.25, 0.3) is 0 Å². The van der Waals surface area contributed by atoms with Gasteiger partial charge in [0.15, 0.2) is 0 Å². The quantitative estimate of drug-likeness (QED) is 0.767. The van der Waals surface area contributed by atoms with Gasteiger partial charge >= 0.3 is 0 Å². The van der Waals surface area contributed by atoms with Crippen LogP contribution in [0.3, 0.4) is 0 Å². The maximum Gasteiger partial charge on any atom is 0.240 e. The van der Waals surface area contributed by atoms with Crippen molar-refractivity contribution >= 4 is 15.7 Å². The van der Waals surface area contributed by atoms with Gasteiger partial charge in [0.05, 0.1) is 11.9 Å². The van der Waals surface area contributed by atoms with Crippen molar-refractivity contribution in [3.8, 4) is 0 Å². The number of rotatable bonds is 4. The van der Waals surface area contributed by atoms with E-state index in [1.54, 1.807) is 24.4 Å². The van der Waals surface area contributed by atoms with Gasteiger partial charge in [0, 0.05) is 17.8 Å². The number of aryl methyl sites for hydroxylation is 1. The van der Waals surface area contributed by atoms with Crippen LogP contribution < -0.4 is 10.5 Å². The third-order valence-corrected chi connectivity index (χ3v) is 3.57. The molecule has 0 radical (unpaired) electrons. The molecule has 0 atom stereocenters. The van der Waals surface area contributed by atoms with Gasteiger partial charge in [0.25, 0.3) is 0 Å². The molecule has 7 heteroatoms. The normalized spacial score (nSPS) is 11.4. The number of hydrogen-bond acceptors (Lipinski definition) is 4. The van der Waals surface area contributed by atoms with Crippen molar-refractivity contribution in [3.63, 3.8) is 0 Å². The lowest BCUT2D eigenvalue weighted by Crippen LogP contribution is -2.15. The third kappa shape index (κ3) is 2.69. The van der Waals surface area contributed by atoms with Crippen LogP contribution in [0.5, 0.6) is 0 Å². The highest BCUT2D eigenvalue weighted by Crippen LogP contribution is 2.20. The van der Waals surface area contributed by atoms with E-state index >= 15 is 0 Å². The molecule has 1 heterocycles. The molecule has 0 unspecified atom stereocenters. The SMILES string of the molecule is Cc1[nH]ncc1CNc1ccccc1S(N)(=O)=O. The Hall–Kier alpha value is -1.86. The number of para-hydroxylation sites is 1. The molecular formula is C11H14N4O2S. The Kier molecular flexibility index (Phi) is 3.35. The first-order valence-corrected chi connectivity index (χ1v) is 6.87. The Morgan fingerprint density at radius 2 is 2.11 bits per heavy atom. The van der Waals surface area contributed by atoms with Gasteiger partial charge in [-0.1, -0.05) is 12.1 Å². The lowest BCUT2D eigenvalue weighted by atomic mass is 10.2. The summed E-state index contributed by atoms with van der Waals surface area (Å²) in [5.74, 6) is 0. The Bertz CT molecular complexity index is 649. The minimum atomic E-state index is -3.72. The number of sulfonamides is 1. The minimum absolute atomic E-state index is 0.0890. The molecule has 0 saturated heterocycles. The van der Waals surface area contributed by atoms with Crippen LogP contribution in [-0.4, -0.2) is 18.6 Å². The van der Waals surface area contributed by atoms with E-state index in [1.165, 1.54) is 6.07 Å². The largest absolute Gasteiger partial charge is 0.380 e. The van der Waals surface area contributed by atoms with E-state index in [-0.39, 0.29) is 4.90 Å². The van der Waals surface area contributed by atoms with Crippen molar-refractivity contribution in [1.82, 2.24) is 10.2 Å². The van der Waals surface area contributed by atoms with Crippen molar-refractivity contribution in [3.05, 3.63) is 41.7 Å². The second kappa shape index (κ2) is 4.79. The second-order valence-corrected chi connectivity index (χ2v) is 5.44. The van der Waals surface area contributed by atoms with Gasteiger partial charge in [-0.25, -0.2) is 13.6 Å². The topological polar surface area (TPSA) is 101 Å². The van der Waals surface area contributed by atoms with Crippen LogP contribution in [-0.2, 0) is 16.6 Å². The Balaban J connectivity index is 2.23. The van der Waals surface area contributed by atoms with Gasteiger partial charge in [0.2, 0.25) is 10.0 Å². The van der Waals surface area contributed by atoms with Crippen molar-refractivity contribution in [2.24, 2.45) is 5.14 Å². The number of aromatic nitrogens is 2. The number of aromatic amines is 1. The van der Waals surface area contributed by atoms with E-state index in [0.717, 1.165) is 11.3 Å². The van der Waals surface area contributed by atoms with Crippen LogP contribution in [0, 0.1) is 6.92 Å². The molecular weight excluding hydrogens is 252 g/mol. The summed E-state index contributed by atoms with van der Waals surface area (Å²) in [4.78, 5) is 0.0890. The molecule has 0 spiro atoms. The highest BCUT2D eigenvalue weighted by Gasteiger charge is 2.13. The average Bonchev–Trinajstić information content (AvgIpc) is 2.71. The second-order valence-electron chi connectivity index (χ2n) is 3.91. The van der Waals surface area contributed by atoms with Gasteiger partial charge < -0.3 is 5.32 Å². The predicted molar refractivity (Wildman–Crippen MR) is 68.5 cm³/mol. The first-order valence-electron chi connectivity index (χ1n) is 5.33. The zero-order valence-electron chi connectivity index (χ0n) is 9.84. The molecule has 96 valence electrons. The first-order chi connectivity index (χ1) is 8.48. The fourth-order valence-corrected chi connectivity index (χ4v) is 2.32. The minimum Gasteiger partial charge on any atom is -0.380 e. The molecule has 0 saturated carbocycles. The summed E-state index contributed by atoms with van der Waals surface area (Å²) < 4.78 is 22.8. The summed E-state index contributed by atoms with van der Waals surface area (Å²) in [7, 11) is -3.72. The van der Waals surface area contributed by atoms with E-state index in [0.29, 0.717) is 12.2 Å². The van der Waals surface area contributed by atoms with Gasteiger partial charge in [-0.05, 0) is 19.1 Å². The molecule has 18 heavy (non-hydrogen) atoms. The predicted octanol–water partition coefficient (Wildman–Crippen LogP) is 0.978. The zero-order chi connectivity index (χ0) is 13.2. The fraction of sp³-hybridized carbons (Fsp3) is 0.182. The molecule has 2 rings (SSSR count). The molecule has 0 amide bonds. The zero-order valence-corrected chi connectivity index (χ0v) is 10.7. The summed E-state index contributed by atoms with van der Waals surface area (Å²) in [6.45, 7) is 2.38. The molecule has 0 fully saturated rings. The molecule has 1 aromatic carbocycles. The van der Waals surface area contributed by atoms with Crippen LogP contribution >= 0.6 is 0 Å². The maximum atomic E-state index is 11.4. The molecule has 6 nitrogen and oxygen atoms in total. The molecule has 0 aliphatic rings. The number of hydrogen-bond donors (Lipinski definition) is 3. The standard InChI is InChI=1S/C11H14N4O2S/c1-8-9(7-14-15-8)6-13-10-4-2-3-5-11(10)18(12,16)17/h2-5,7,13H,6H2,1H3,(H,14,15)(H2,12,16,17). The van der Waals surface area contributed by atoms with Gasteiger partial charge in [0.1, 0.15) is 4.90 Å². The summed E-state index contributed by atoms with van der Waals surface area (Å²) in [6, 6.07) is 6.53. The van der Waals surface area contributed by atoms with Gasteiger partial charge in [-0.3, -0.25) is 5.10 Å². The Labute approximate surface area is 105 Å². The molecule has 0 aliphatic carbocycles. The summed E-state index contributed by atoms with van der Waals surface area (Å²) in [5, 5.41) is 14.9. The summed E-state index contributed by atoms with van der Waals surface area (Å²) in [6.07, 6.45) is 1.70. The average molecular weight is 266 g/mol. The molecule has 0 aliphatic heterocycles. The monoisotopic (exact) mass is 266 g/mol. The van der Waals surface area contributed by atoms with Gasteiger partial charge in [-0.2, -0.15) is 5.10 Å². The van der Waals surface area contributed by atoms with E-state index in [9.17, 15) is 8.42 Å². The highest BCUT2D eigenvalue weighted by atomic mass is 32.2. The van der Waals surface area contributed by atoms with Crippen LogP contribution in [0.15, 0.2) is 35.4 Å². The lowest BCUT2D eigenvalue weighted by molar-refractivity contribution is 0.598. The fourth-order valence-electron chi connectivity index (χ4n) is 1.61. The van der Waals surface area contributed by atoms with Crippen molar-refractivity contribution < 1.29 is 8.42 Å². The number of nitrogens with two attached hydrogens (primary N) is 1. The lowest BCUT2D eigenvalue weighted by Gasteiger charge is -2.09. The van der Waals surface area contributed by atoms with E-state index < -0.39 is 10.0 Å². The number of primary sulfonamides is 1. The molecule has 4 N–H and O–H groups in total. The van der Waals surface area contributed by atoms with Crippen molar-refractivity contribution in [2.75, 3.05) is 5.32 Å². The summed E-state index contributed by atoms with van der Waals surface area (Å²) >= 11 is 0. The van der Waals surface area contributed by atoms with Crippen molar-refractivity contribution in [1.29, 1.82) is 0 Å². The number of H-pyrrole nitrogens is 1. The third-order valence-electron chi connectivity index (χ3n) is 2.60. The Morgan fingerprint density at radius 1 is 1.39 bits per heavy atom. The smallest absolute Gasteiger partial charge is 0.240 e. The van der Waals surface area contributed by atoms with E-state index in [4.69, 9.17) is 5.14 Å². The highest BCUT2D eigenvalue weighted by molar-refractivity contribution is 7.89. The van der Waals surface area contributed by atoms with Gasteiger partial charge in [-0.15, -0.1) is 0 Å². The first kappa shape index (κ1) is 12.6. The van der Waals surface area contributed by atoms with E-state index in [2.05, 4.69) is 15.5 Å². The number of benzene rings is 1. The summed E-state index contributed by atoms with van der Waals surface area (Å²) in [5.41, 5.74) is 2.40. The Morgan fingerprint density at radius 3 is 2.72 bits per heavy atom. The molecule has 2 aromatic rings. The number of nitrogens with zero attached hydrogens (tertiary/aromatic N) is 1. The van der Waals surface area contributed by atoms with Crippen molar-refractivity contribution in [2.45, 2.75) is 18.4 Å². The number of anilines is 1. The van der Waals surface area contributed by atoms with Crippen LogP contribution in [0.1, 0.15) is 11.3 Å².